The predicted octanol–water partition coefficient (Wildman–Crippen LogP) is 1.43. The fourth-order valence-electron chi connectivity index (χ4n) is 1.88. The fourth-order valence-corrected chi connectivity index (χ4v) is 2.50. The molecular weight excluding hydrogens is 242 g/mol. The molecule has 0 spiro atoms. The van der Waals surface area contributed by atoms with E-state index >= 15 is 0 Å². The summed E-state index contributed by atoms with van der Waals surface area (Å²) in [5.74, 6) is 1.18. The van der Waals surface area contributed by atoms with Crippen LogP contribution >= 0.6 is 15.9 Å². The van der Waals surface area contributed by atoms with E-state index in [4.69, 9.17) is 0 Å². The van der Waals surface area contributed by atoms with Gasteiger partial charge >= 0.3 is 0 Å². The number of aryl methyl sites for hydroxylation is 1. The van der Waals surface area contributed by atoms with Gasteiger partial charge in [-0.05, 0) is 13.0 Å². The molecule has 1 atom stereocenters. The SMILES string of the molecule is Cn1ccnc1CCN1CCC(Br)C1. The minimum atomic E-state index is 0.698. The number of alkyl halides is 1. The van der Waals surface area contributed by atoms with Gasteiger partial charge in [-0.3, -0.25) is 0 Å². The Bertz CT molecular complexity index is 297. The summed E-state index contributed by atoms with van der Waals surface area (Å²) in [5, 5.41) is 0. The number of imidazole rings is 1. The maximum Gasteiger partial charge on any atom is 0.109 e. The summed E-state index contributed by atoms with van der Waals surface area (Å²) in [4.78, 5) is 7.51. The highest BCUT2D eigenvalue weighted by Crippen LogP contribution is 2.16. The summed E-state index contributed by atoms with van der Waals surface area (Å²) >= 11 is 3.65. The van der Waals surface area contributed by atoms with Crippen LogP contribution in [0.5, 0.6) is 0 Å². The average molecular weight is 258 g/mol. The third-order valence-electron chi connectivity index (χ3n) is 2.79. The average Bonchev–Trinajstić information content (AvgIpc) is 2.72. The quantitative estimate of drug-likeness (QED) is 0.765. The first-order valence-corrected chi connectivity index (χ1v) is 6.00. The second kappa shape index (κ2) is 4.45. The van der Waals surface area contributed by atoms with Gasteiger partial charge in [0.15, 0.2) is 0 Å². The van der Waals surface area contributed by atoms with E-state index in [2.05, 4.69) is 37.4 Å². The Labute approximate surface area is 93.2 Å². The van der Waals surface area contributed by atoms with Gasteiger partial charge < -0.3 is 9.47 Å². The lowest BCUT2D eigenvalue weighted by molar-refractivity contribution is 0.341. The van der Waals surface area contributed by atoms with E-state index in [1.54, 1.807) is 0 Å². The van der Waals surface area contributed by atoms with Gasteiger partial charge in [-0.2, -0.15) is 0 Å². The zero-order valence-corrected chi connectivity index (χ0v) is 10.1. The predicted molar refractivity (Wildman–Crippen MR) is 60.7 cm³/mol. The smallest absolute Gasteiger partial charge is 0.109 e. The van der Waals surface area contributed by atoms with Gasteiger partial charge in [0.1, 0.15) is 5.82 Å². The standard InChI is InChI=1S/C10H16BrN3/c1-13-7-4-12-10(13)3-6-14-5-2-9(11)8-14/h4,7,9H,2-3,5-6,8H2,1H3. The molecule has 3 nitrogen and oxygen atoms in total. The van der Waals surface area contributed by atoms with Gasteiger partial charge in [-0.15, -0.1) is 0 Å². The van der Waals surface area contributed by atoms with Gasteiger partial charge in [0.2, 0.25) is 0 Å². The van der Waals surface area contributed by atoms with Crippen molar-refractivity contribution in [3.05, 3.63) is 18.2 Å². The Morgan fingerprint density at radius 1 is 1.64 bits per heavy atom. The van der Waals surface area contributed by atoms with Crippen molar-refractivity contribution in [3.63, 3.8) is 0 Å². The van der Waals surface area contributed by atoms with Crippen molar-refractivity contribution in [1.29, 1.82) is 0 Å². The normalized spacial score (nSPS) is 23.1. The van der Waals surface area contributed by atoms with Crippen molar-refractivity contribution < 1.29 is 0 Å². The lowest BCUT2D eigenvalue weighted by Crippen LogP contribution is -2.24. The molecule has 0 bridgehead atoms. The molecular formula is C10H16BrN3. The summed E-state index contributed by atoms with van der Waals surface area (Å²) in [6.07, 6.45) is 6.21. The topological polar surface area (TPSA) is 21.1 Å². The van der Waals surface area contributed by atoms with Crippen LogP contribution in [0.4, 0.5) is 0 Å². The zero-order chi connectivity index (χ0) is 9.97. The molecule has 1 saturated heterocycles. The molecule has 1 aromatic heterocycles. The molecule has 14 heavy (non-hydrogen) atoms. The van der Waals surface area contributed by atoms with Crippen LogP contribution in [0.25, 0.3) is 0 Å². The maximum absolute atomic E-state index is 4.32. The summed E-state index contributed by atoms with van der Waals surface area (Å²) in [6, 6.07) is 0. The molecule has 2 rings (SSSR count). The first-order chi connectivity index (χ1) is 6.75. The van der Waals surface area contributed by atoms with Crippen LogP contribution in [0.3, 0.4) is 0 Å². The van der Waals surface area contributed by atoms with E-state index in [-0.39, 0.29) is 0 Å². The molecule has 4 heteroatoms. The molecule has 78 valence electrons. The van der Waals surface area contributed by atoms with E-state index in [9.17, 15) is 0 Å². The van der Waals surface area contributed by atoms with Gasteiger partial charge in [0.25, 0.3) is 0 Å². The van der Waals surface area contributed by atoms with Crippen LogP contribution in [-0.4, -0.2) is 38.9 Å². The van der Waals surface area contributed by atoms with E-state index < -0.39 is 0 Å². The Morgan fingerprint density at radius 3 is 3.07 bits per heavy atom. The maximum atomic E-state index is 4.32. The highest BCUT2D eigenvalue weighted by atomic mass is 79.9. The number of halogens is 1. The van der Waals surface area contributed by atoms with E-state index in [1.807, 2.05) is 12.4 Å². The van der Waals surface area contributed by atoms with Crippen molar-refractivity contribution in [2.75, 3.05) is 19.6 Å². The number of rotatable bonds is 3. The van der Waals surface area contributed by atoms with Crippen LogP contribution < -0.4 is 0 Å². The number of aromatic nitrogens is 2. The van der Waals surface area contributed by atoms with Crippen molar-refractivity contribution >= 4 is 15.9 Å². The number of hydrogen-bond acceptors (Lipinski definition) is 2. The van der Waals surface area contributed by atoms with Gasteiger partial charge in [-0.1, -0.05) is 15.9 Å². The highest BCUT2D eigenvalue weighted by Gasteiger charge is 2.19. The third kappa shape index (κ3) is 2.36. The minimum absolute atomic E-state index is 0.698. The molecule has 1 aliphatic rings. The monoisotopic (exact) mass is 257 g/mol. The molecule has 1 aromatic rings. The highest BCUT2D eigenvalue weighted by molar-refractivity contribution is 9.09. The zero-order valence-electron chi connectivity index (χ0n) is 8.49. The first-order valence-electron chi connectivity index (χ1n) is 5.08. The van der Waals surface area contributed by atoms with Gasteiger partial charge in [-0.25, -0.2) is 4.98 Å². The van der Waals surface area contributed by atoms with Gasteiger partial charge in [0, 0.05) is 43.8 Å². The third-order valence-corrected chi connectivity index (χ3v) is 3.53. The van der Waals surface area contributed by atoms with Crippen LogP contribution in [0.15, 0.2) is 12.4 Å². The molecule has 0 aromatic carbocycles. The molecule has 1 aliphatic heterocycles. The first kappa shape index (κ1) is 10.2. The Morgan fingerprint density at radius 2 is 2.50 bits per heavy atom. The lowest BCUT2D eigenvalue weighted by Gasteiger charge is -2.14. The lowest BCUT2D eigenvalue weighted by atomic mass is 10.4. The Kier molecular flexibility index (Phi) is 3.23. The van der Waals surface area contributed by atoms with Crippen molar-refractivity contribution in [2.45, 2.75) is 17.7 Å². The van der Waals surface area contributed by atoms with Gasteiger partial charge in [0.05, 0.1) is 0 Å². The molecule has 0 amide bonds. The number of likely N-dealkylation sites (tertiary alicyclic amines) is 1. The van der Waals surface area contributed by atoms with Crippen LogP contribution in [0.1, 0.15) is 12.2 Å². The molecule has 0 saturated carbocycles. The summed E-state index contributed by atoms with van der Waals surface area (Å²) < 4.78 is 2.10. The molecule has 2 heterocycles. The molecule has 0 N–H and O–H groups in total. The fraction of sp³-hybridized carbons (Fsp3) is 0.700. The van der Waals surface area contributed by atoms with Crippen molar-refractivity contribution in [1.82, 2.24) is 14.5 Å². The summed E-state index contributed by atoms with van der Waals surface area (Å²) in [7, 11) is 2.06. The Hall–Kier alpha value is -0.350. The molecule has 0 radical (unpaired) electrons. The molecule has 0 aliphatic carbocycles. The largest absolute Gasteiger partial charge is 0.338 e. The number of nitrogens with zero attached hydrogens (tertiary/aromatic N) is 3. The van der Waals surface area contributed by atoms with Crippen LogP contribution in [0, 0.1) is 0 Å². The second-order valence-electron chi connectivity index (χ2n) is 3.89. The van der Waals surface area contributed by atoms with E-state index in [0.717, 1.165) is 13.0 Å². The molecule has 1 unspecified atom stereocenters. The number of hydrogen-bond donors (Lipinski definition) is 0. The van der Waals surface area contributed by atoms with Crippen molar-refractivity contribution in [3.8, 4) is 0 Å². The Balaban J connectivity index is 1.80. The van der Waals surface area contributed by atoms with E-state index in [0.29, 0.717) is 4.83 Å². The van der Waals surface area contributed by atoms with Crippen molar-refractivity contribution in [2.24, 2.45) is 7.05 Å². The summed E-state index contributed by atoms with van der Waals surface area (Å²) in [6.45, 7) is 3.54. The summed E-state index contributed by atoms with van der Waals surface area (Å²) in [5.41, 5.74) is 0. The van der Waals surface area contributed by atoms with Crippen LogP contribution in [0.2, 0.25) is 0 Å². The molecule has 1 fully saturated rings. The minimum Gasteiger partial charge on any atom is -0.338 e. The van der Waals surface area contributed by atoms with E-state index in [1.165, 1.54) is 25.3 Å². The second-order valence-corrected chi connectivity index (χ2v) is 5.19. The van der Waals surface area contributed by atoms with Crippen LogP contribution in [-0.2, 0) is 13.5 Å².